The van der Waals surface area contributed by atoms with Gasteiger partial charge in [0.1, 0.15) is 11.0 Å². The van der Waals surface area contributed by atoms with Crippen molar-refractivity contribution >= 4 is 17.5 Å². The number of carbonyl (C=O) groups is 1. The third kappa shape index (κ3) is 3.90. The number of amides is 1. The van der Waals surface area contributed by atoms with E-state index in [4.69, 9.17) is 11.6 Å². The lowest BCUT2D eigenvalue weighted by Crippen LogP contribution is -2.44. The van der Waals surface area contributed by atoms with E-state index in [-0.39, 0.29) is 22.7 Å². The number of likely N-dealkylation sites (tertiary alicyclic amines) is 1. The maximum Gasteiger partial charge on any atom is 0.254 e. The zero-order chi connectivity index (χ0) is 14.5. The van der Waals surface area contributed by atoms with Crippen molar-refractivity contribution < 1.29 is 9.18 Å². The number of piperidine rings is 1. The molecule has 1 fully saturated rings. The second-order valence-electron chi connectivity index (χ2n) is 5.15. The van der Waals surface area contributed by atoms with Gasteiger partial charge in [-0.3, -0.25) is 9.69 Å². The number of halogens is 2. The molecule has 1 amide bonds. The van der Waals surface area contributed by atoms with Gasteiger partial charge in [0.2, 0.25) is 0 Å². The summed E-state index contributed by atoms with van der Waals surface area (Å²) in [6.45, 7) is 4.74. The molecule has 0 bridgehead atoms. The van der Waals surface area contributed by atoms with Crippen molar-refractivity contribution in [2.75, 3.05) is 19.6 Å². The van der Waals surface area contributed by atoms with Gasteiger partial charge >= 0.3 is 0 Å². The lowest BCUT2D eigenvalue weighted by molar-refractivity contribution is 0.0929. The lowest BCUT2D eigenvalue weighted by Gasteiger charge is -2.32. The summed E-state index contributed by atoms with van der Waals surface area (Å²) in [5, 5.41) is 2.82. The monoisotopic (exact) mass is 299 g/mol. The van der Waals surface area contributed by atoms with Crippen LogP contribution in [-0.2, 0) is 0 Å². The summed E-state index contributed by atoms with van der Waals surface area (Å²) in [4.78, 5) is 18.0. The first-order valence-corrected chi connectivity index (χ1v) is 7.29. The number of hydrogen-bond acceptors (Lipinski definition) is 3. The zero-order valence-corrected chi connectivity index (χ0v) is 12.3. The van der Waals surface area contributed by atoms with Gasteiger partial charge in [-0.05, 0) is 38.9 Å². The number of nitrogens with zero attached hydrogens (tertiary/aromatic N) is 2. The fourth-order valence-corrected chi connectivity index (χ4v) is 2.59. The normalized spacial score (nSPS) is 17.8. The van der Waals surface area contributed by atoms with Crippen LogP contribution in [0.5, 0.6) is 0 Å². The van der Waals surface area contributed by atoms with Gasteiger partial charge in [-0.25, -0.2) is 9.37 Å². The second-order valence-corrected chi connectivity index (χ2v) is 5.51. The molecular weight excluding hydrogens is 281 g/mol. The largest absolute Gasteiger partial charge is 0.350 e. The van der Waals surface area contributed by atoms with E-state index in [9.17, 15) is 9.18 Å². The molecule has 1 aliphatic rings. The van der Waals surface area contributed by atoms with Crippen molar-refractivity contribution in [2.45, 2.75) is 32.2 Å². The molecule has 6 heteroatoms. The molecule has 1 unspecified atom stereocenters. The Bertz CT molecular complexity index is 477. The maximum absolute atomic E-state index is 13.1. The highest BCUT2D eigenvalue weighted by atomic mass is 35.5. The minimum atomic E-state index is -0.566. The molecule has 20 heavy (non-hydrogen) atoms. The first kappa shape index (κ1) is 15.2. The Morgan fingerprint density at radius 1 is 1.50 bits per heavy atom. The zero-order valence-electron chi connectivity index (χ0n) is 11.5. The van der Waals surface area contributed by atoms with Crippen molar-refractivity contribution in [2.24, 2.45) is 0 Å². The van der Waals surface area contributed by atoms with Crippen LogP contribution in [0.3, 0.4) is 0 Å². The number of nitrogens with one attached hydrogen (secondary N) is 1. The van der Waals surface area contributed by atoms with Crippen molar-refractivity contribution in [3.63, 3.8) is 0 Å². The molecule has 1 saturated heterocycles. The molecule has 1 aromatic rings. The Hall–Kier alpha value is -1.20. The van der Waals surface area contributed by atoms with Gasteiger partial charge < -0.3 is 5.32 Å². The second kappa shape index (κ2) is 6.99. The van der Waals surface area contributed by atoms with E-state index in [1.165, 1.54) is 19.3 Å². The maximum atomic E-state index is 13.1. The number of pyridine rings is 1. The topological polar surface area (TPSA) is 45.2 Å². The average molecular weight is 300 g/mol. The standard InChI is InChI=1S/C14H19ClFN3O/c1-10(19-5-3-2-4-6-19)8-18-14(20)12-7-11(16)9-17-13(12)15/h7,9-10H,2-6,8H2,1H3,(H,18,20). The van der Waals surface area contributed by atoms with E-state index in [1.54, 1.807) is 0 Å². The highest BCUT2D eigenvalue weighted by Crippen LogP contribution is 2.14. The quantitative estimate of drug-likeness (QED) is 0.869. The molecule has 0 spiro atoms. The summed E-state index contributed by atoms with van der Waals surface area (Å²) in [6, 6.07) is 1.37. The van der Waals surface area contributed by atoms with Crippen LogP contribution in [0.1, 0.15) is 36.5 Å². The van der Waals surface area contributed by atoms with Gasteiger partial charge in [-0.15, -0.1) is 0 Å². The smallest absolute Gasteiger partial charge is 0.254 e. The molecule has 1 aliphatic heterocycles. The molecule has 0 aliphatic carbocycles. The Morgan fingerprint density at radius 2 is 2.20 bits per heavy atom. The van der Waals surface area contributed by atoms with E-state index in [0.29, 0.717) is 6.54 Å². The van der Waals surface area contributed by atoms with Crippen molar-refractivity contribution in [3.05, 3.63) is 28.8 Å². The predicted molar refractivity (Wildman–Crippen MR) is 76.4 cm³/mol. The van der Waals surface area contributed by atoms with Gasteiger partial charge in [-0.2, -0.15) is 0 Å². The van der Waals surface area contributed by atoms with E-state index in [1.807, 2.05) is 0 Å². The number of carbonyl (C=O) groups excluding carboxylic acids is 1. The molecule has 0 saturated carbocycles. The summed E-state index contributed by atoms with van der Waals surface area (Å²) in [7, 11) is 0. The van der Waals surface area contributed by atoms with E-state index in [2.05, 4.69) is 22.1 Å². The molecule has 1 atom stereocenters. The molecule has 0 aromatic carbocycles. The van der Waals surface area contributed by atoms with Crippen LogP contribution in [0.25, 0.3) is 0 Å². The minimum Gasteiger partial charge on any atom is -0.350 e. The summed E-state index contributed by atoms with van der Waals surface area (Å²) >= 11 is 5.81. The van der Waals surface area contributed by atoms with Gasteiger partial charge in [0, 0.05) is 12.6 Å². The lowest BCUT2D eigenvalue weighted by atomic mass is 10.1. The molecule has 1 N–H and O–H groups in total. The molecule has 2 rings (SSSR count). The van der Waals surface area contributed by atoms with Crippen molar-refractivity contribution in [3.8, 4) is 0 Å². The fraction of sp³-hybridized carbons (Fsp3) is 0.571. The first-order chi connectivity index (χ1) is 9.58. The molecule has 1 aromatic heterocycles. The first-order valence-electron chi connectivity index (χ1n) is 6.91. The van der Waals surface area contributed by atoms with Crippen LogP contribution in [0, 0.1) is 5.82 Å². The van der Waals surface area contributed by atoms with Crippen molar-refractivity contribution in [1.29, 1.82) is 0 Å². The third-order valence-corrected chi connectivity index (χ3v) is 3.92. The fourth-order valence-electron chi connectivity index (χ4n) is 2.41. The Labute approximate surface area is 123 Å². The average Bonchev–Trinajstić information content (AvgIpc) is 2.47. The van der Waals surface area contributed by atoms with Crippen LogP contribution in [0.15, 0.2) is 12.3 Å². The molecule has 110 valence electrons. The minimum absolute atomic E-state index is 0.0227. The molecule has 0 radical (unpaired) electrons. The van der Waals surface area contributed by atoms with E-state index < -0.39 is 5.82 Å². The SMILES string of the molecule is CC(CNC(=O)c1cc(F)cnc1Cl)N1CCCCC1. The third-order valence-electron chi connectivity index (χ3n) is 3.62. The van der Waals surface area contributed by atoms with Crippen LogP contribution < -0.4 is 5.32 Å². The van der Waals surface area contributed by atoms with Crippen molar-refractivity contribution in [1.82, 2.24) is 15.2 Å². The summed E-state index contributed by atoms with van der Waals surface area (Å²) in [6.07, 6.45) is 4.69. The van der Waals surface area contributed by atoms with Crippen LogP contribution in [0.4, 0.5) is 4.39 Å². The van der Waals surface area contributed by atoms with Gasteiger partial charge in [-0.1, -0.05) is 18.0 Å². The van der Waals surface area contributed by atoms with Gasteiger partial charge in [0.05, 0.1) is 11.8 Å². The summed E-state index contributed by atoms with van der Waals surface area (Å²) < 4.78 is 13.1. The summed E-state index contributed by atoms with van der Waals surface area (Å²) in [5.74, 6) is -0.950. The molecular formula is C14H19ClFN3O. The Balaban J connectivity index is 1.89. The predicted octanol–water partition coefficient (Wildman–Crippen LogP) is 2.48. The summed E-state index contributed by atoms with van der Waals surface area (Å²) in [5.41, 5.74) is 0.0810. The number of hydrogen-bond donors (Lipinski definition) is 1. The number of rotatable bonds is 4. The van der Waals surface area contributed by atoms with E-state index in [0.717, 1.165) is 25.4 Å². The molecule has 4 nitrogen and oxygen atoms in total. The highest BCUT2D eigenvalue weighted by Gasteiger charge is 2.18. The van der Waals surface area contributed by atoms with Crippen LogP contribution in [0.2, 0.25) is 5.15 Å². The van der Waals surface area contributed by atoms with Gasteiger partial charge in [0.25, 0.3) is 5.91 Å². The van der Waals surface area contributed by atoms with Crippen LogP contribution in [-0.4, -0.2) is 41.5 Å². The van der Waals surface area contributed by atoms with Crippen LogP contribution >= 0.6 is 11.6 Å². The number of aromatic nitrogens is 1. The Morgan fingerprint density at radius 3 is 2.90 bits per heavy atom. The van der Waals surface area contributed by atoms with Gasteiger partial charge in [0.15, 0.2) is 0 Å². The molecule has 2 heterocycles. The Kier molecular flexibility index (Phi) is 5.31. The van der Waals surface area contributed by atoms with E-state index >= 15 is 0 Å². The highest BCUT2D eigenvalue weighted by molar-refractivity contribution is 6.32.